The van der Waals surface area contributed by atoms with Gasteiger partial charge in [-0.05, 0) is 76.6 Å². The molecule has 5 rings (SSSR count). The van der Waals surface area contributed by atoms with Gasteiger partial charge in [-0.3, -0.25) is 4.79 Å². The van der Waals surface area contributed by atoms with Crippen LogP contribution in [0.25, 0.3) is 22.3 Å². The van der Waals surface area contributed by atoms with Crippen molar-refractivity contribution in [3.63, 3.8) is 0 Å². The number of nitrogens with one attached hydrogen (secondary N) is 1. The van der Waals surface area contributed by atoms with Gasteiger partial charge in [-0.15, -0.1) is 0 Å². The lowest BCUT2D eigenvalue weighted by atomic mass is 9.98. The van der Waals surface area contributed by atoms with E-state index in [2.05, 4.69) is 10.4 Å². The predicted molar refractivity (Wildman–Crippen MR) is 140 cm³/mol. The molecule has 9 heteroatoms. The van der Waals surface area contributed by atoms with E-state index in [0.29, 0.717) is 18.0 Å². The molecule has 1 aliphatic carbocycles. The average Bonchev–Trinajstić information content (AvgIpc) is 3.48. The maximum atomic E-state index is 12.8. The normalized spacial score (nSPS) is 18.9. The third-order valence-electron chi connectivity index (χ3n) is 6.77. The van der Waals surface area contributed by atoms with E-state index in [1.165, 1.54) is 4.90 Å². The fourth-order valence-electron chi connectivity index (χ4n) is 4.84. The standard InChI is InChI=1S/C28H35N5O4/c1-27(2,3)37-26(35)30-28(13-14-28)19-16-21(29-20-11-7-6-10-18(19)20)23-17-22(25(34)32(4)5)31-33(23)24-12-8-9-15-36-24/h6-7,10-11,16-17,24H,8-9,12-15H2,1-5H3,(H,30,35). The SMILES string of the molecule is CN(C)C(=O)c1cc(-c2cc(C3(NC(=O)OC(C)(C)C)CC3)c3ccccc3n2)n(C2CCCCO2)n1. The van der Waals surface area contributed by atoms with Crippen LogP contribution in [-0.2, 0) is 15.0 Å². The van der Waals surface area contributed by atoms with E-state index in [1.807, 2.05) is 51.1 Å². The van der Waals surface area contributed by atoms with Gasteiger partial charge in [0.05, 0.1) is 22.4 Å². The van der Waals surface area contributed by atoms with E-state index >= 15 is 0 Å². The highest BCUT2D eigenvalue weighted by atomic mass is 16.6. The van der Waals surface area contributed by atoms with E-state index in [9.17, 15) is 9.59 Å². The average molecular weight is 506 g/mol. The molecular weight excluding hydrogens is 470 g/mol. The topological polar surface area (TPSA) is 98.6 Å². The molecule has 0 radical (unpaired) electrons. The number of alkyl carbamates (subject to hydrolysis) is 1. The number of fused-ring (bicyclic) bond motifs is 1. The number of ether oxygens (including phenoxy) is 2. The molecule has 1 saturated carbocycles. The Morgan fingerprint density at radius 3 is 2.57 bits per heavy atom. The van der Waals surface area contributed by atoms with E-state index < -0.39 is 17.2 Å². The second-order valence-corrected chi connectivity index (χ2v) is 11.2. The van der Waals surface area contributed by atoms with E-state index in [4.69, 9.17) is 14.5 Å². The molecule has 9 nitrogen and oxygen atoms in total. The van der Waals surface area contributed by atoms with E-state index in [0.717, 1.165) is 54.3 Å². The molecule has 3 heterocycles. The van der Waals surface area contributed by atoms with E-state index in [-0.39, 0.29) is 12.1 Å². The molecular formula is C28H35N5O4. The highest BCUT2D eigenvalue weighted by Gasteiger charge is 2.48. The van der Waals surface area contributed by atoms with Gasteiger partial charge in [-0.2, -0.15) is 5.10 Å². The monoisotopic (exact) mass is 505 g/mol. The summed E-state index contributed by atoms with van der Waals surface area (Å²) in [6, 6.07) is 11.7. The fourth-order valence-corrected chi connectivity index (χ4v) is 4.84. The van der Waals surface area contributed by atoms with Crippen LogP contribution >= 0.6 is 0 Å². The van der Waals surface area contributed by atoms with Crippen molar-refractivity contribution in [1.29, 1.82) is 0 Å². The van der Waals surface area contributed by atoms with Crippen LogP contribution in [0.2, 0.25) is 0 Å². The Hall–Kier alpha value is -3.46. The first-order valence-corrected chi connectivity index (χ1v) is 12.9. The van der Waals surface area contributed by atoms with Crippen molar-refractivity contribution < 1.29 is 19.1 Å². The molecule has 0 spiro atoms. The third-order valence-corrected chi connectivity index (χ3v) is 6.77. The zero-order valence-corrected chi connectivity index (χ0v) is 22.2. The van der Waals surface area contributed by atoms with Crippen LogP contribution in [0.5, 0.6) is 0 Å². The Bertz CT molecular complexity index is 1330. The lowest BCUT2D eigenvalue weighted by molar-refractivity contribution is -0.0385. The second-order valence-electron chi connectivity index (χ2n) is 11.2. The van der Waals surface area contributed by atoms with Crippen molar-refractivity contribution in [2.45, 2.75) is 70.2 Å². The smallest absolute Gasteiger partial charge is 0.408 e. The van der Waals surface area contributed by atoms with Gasteiger partial charge in [0.25, 0.3) is 5.91 Å². The summed E-state index contributed by atoms with van der Waals surface area (Å²) in [6.45, 7) is 6.22. The van der Waals surface area contributed by atoms with Crippen LogP contribution in [0.4, 0.5) is 4.79 Å². The first-order chi connectivity index (χ1) is 17.6. The van der Waals surface area contributed by atoms with Crippen molar-refractivity contribution >= 4 is 22.9 Å². The molecule has 37 heavy (non-hydrogen) atoms. The molecule has 3 aromatic rings. The van der Waals surface area contributed by atoms with Crippen LogP contribution in [-0.4, -0.2) is 58.0 Å². The van der Waals surface area contributed by atoms with Crippen LogP contribution < -0.4 is 5.32 Å². The number of aromatic nitrogens is 3. The Morgan fingerprint density at radius 2 is 1.92 bits per heavy atom. The summed E-state index contributed by atoms with van der Waals surface area (Å²) >= 11 is 0. The summed E-state index contributed by atoms with van der Waals surface area (Å²) < 4.78 is 13.4. The van der Waals surface area contributed by atoms with Crippen LogP contribution in [0.1, 0.15) is 75.2 Å². The predicted octanol–water partition coefficient (Wildman–Crippen LogP) is 5.01. The molecule has 1 aromatic carbocycles. The van der Waals surface area contributed by atoms with Gasteiger partial charge in [-0.1, -0.05) is 18.2 Å². The summed E-state index contributed by atoms with van der Waals surface area (Å²) in [5, 5.41) is 8.79. The maximum Gasteiger partial charge on any atom is 0.408 e. The number of hydrogen-bond donors (Lipinski definition) is 1. The highest BCUT2D eigenvalue weighted by Crippen LogP contribution is 2.49. The molecule has 2 aliphatic rings. The number of nitrogens with zero attached hydrogens (tertiary/aromatic N) is 4. The van der Waals surface area contributed by atoms with Crippen LogP contribution in [0.3, 0.4) is 0 Å². The van der Waals surface area contributed by atoms with Crippen molar-refractivity contribution in [2.75, 3.05) is 20.7 Å². The Balaban J connectivity index is 1.62. The van der Waals surface area contributed by atoms with E-state index in [1.54, 1.807) is 24.8 Å². The lowest BCUT2D eigenvalue weighted by Crippen LogP contribution is -2.39. The minimum absolute atomic E-state index is 0.179. The quantitative estimate of drug-likeness (QED) is 0.523. The first-order valence-electron chi connectivity index (χ1n) is 12.9. The number of amides is 2. The molecule has 1 atom stereocenters. The van der Waals surface area contributed by atoms with Gasteiger partial charge in [-0.25, -0.2) is 14.5 Å². The first kappa shape index (κ1) is 25.2. The van der Waals surface area contributed by atoms with Crippen molar-refractivity contribution in [2.24, 2.45) is 0 Å². The number of pyridine rings is 1. The lowest BCUT2D eigenvalue weighted by Gasteiger charge is -2.26. The maximum absolute atomic E-state index is 12.8. The van der Waals surface area contributed by atoms with Gasteiger partial charge in [0.1, 0.15) is 5.60 Å². The minimum atomic E-state index is -0.590. The van der Waals surface area contributed by atoms with Crippen LogP contribution in [0, 0.1) is 0 Å². The van der Waals surface area contributed by atoms with Crippen molar-refractivity contribution in [3.8, 4) is 11.4 Å². The van der Waals surface area contributed by atoms with Gasteiger partial charge in [0.2, 0.25) is 0 Å². The summed E-state index contributed by atoms with van der Waals surface area (Å²) in [5.41, 5.74) is 2.42. The Labute approximate surface area is 217 Å². The number of hydrogen-bond acceptors (Lipinski definition) is 6. The number of carbonyl (C=O) groups excluding carboxylic acids is 2. The molecule has 0 bridgehead atoms. The molecule has 1 saturated heterocycles. The number of carbonyl (C=O) groups is 2. The summed E-state index contributed by atoms with van der Waals surface area (Å²) in [7, 11) is 3.42. The number of rotatable bonds is 5. The molecule has 2 fully saturated rings. The molecule has 2 amide bonds. The third kappa shape index (κ3) is 5.18. The summed E-state index contributed by atoms with van der Waals surface area (Å²) in [4.78, 5) is 32.1. The summed E-state index contributed by atoms with van der Waals surface area (Å²) in [5.74, 6) is -0.179. The number of para-hydroxylation sites is 1. The fraction of sp³-hybridized carbons (Fsp3) is 0.500. The zero-order valence-electron chi connectivity index (χ0n) is 22.2. The van der Waals surface area contributed by atoms with Crippen molar-refractivity contribution in [1.82, 2.24) is 25.0 Å². The molecule has 2 aromatic heterocycles. The zero-order chi connectivity index (χ0) is 26.4. The van der Waals surface area contributed by atoms with Gasteiger partial charge in [0.15, 0.2) is 11.9 Å². The molecule has 1 unspecified atom stereocenters. The molecule has 196 valence electrons. The highest BCUT2D eigenvalue weighted by molar-refractivity contribution is 5.93. The Kier molecular flexibility index (Phi) is 6.43. The summed E-state index contributed by atoms with van der Waals surface area (Å²) in [6.07, 6.45) is 3.75. The van der Waals surface area contributed by atoms with Crippen LogP contribution in [0.15, 0.2) is 36.4 Å². The van der Waals surface area contributed by atoms with Gasteiger partial charge in [0, 0.05) is 26.1 Å². The Morgan fingerprint density at radius 1 is 1.16 bits per heavy atom. The molecule has 1 aliphatic heterocycles. The van der Waals surface area contributed by atoms with Gasteiger partial charge >= 0.3 is 6.09 Å². The van der Waals surface area contributed by atoms with Crippen molar-refractivity contribution in [3.05, 3.63) is 47.7 Å². The minimum Gasteiger partial charge on any atom is -0.444 e. The number of benzene rings is 1. The van der Waals surface area contributed by atoms with Gasteiger partial charge < -0.3 is 19.7 Å². The largest absolute Gasteiger partial charge is 0.444 e. The molecule has 1 N–H and O–H groups in total. The second kappa shape index (κ2) is 9.45.